The van der Waals surface area contributed by atoms with E-state index in [4.69, 9.17) is 5.26 Å². The molecule has 7 nitrogen and oxygen atoms in total. The average Bonchev–Trinajstić information content (AvgIpc) is 2.53. The van der Waals surface area contributed by atoms with E-state index in [2.05, 4.69) is 15.0 Å². The molecule has 1 saturated heterocycles. The molecule has 2 aromatic heterocycles. The Balaban J connectivity index is 1.69. The molecule has 0 atom stereocenters. The van der Waals surface area contributed by atoms with Crippen molar-refractivity contribution in [3.8, 4) is 6.07 Å². The van der Waals surface area contributed by atoms with Gasteiger partial charge in [0.25, 0.3) is 5.91 Å². The van der Waals surface area contributed by atoms with E-state index in [-0.39, 0.29) is 17.3 Å². The first kappa shape index (κ1) is 14.8. The number of rotatable bonds is 3. The van der Waals surface area contributed by atoms with Crippen LogP contribution in [-0.4, -0.2) is 51.9 Å². The Morgan fingerprint density at radius 3 is 2.83 bits per heavy atom. The number of nitrogens with zero attached hydrogens (tertiary/aromatic N) is 6. The highest BCUT2D eigenvalue weighted by atomic mass is 19.1. The van der Waals surface area contributed by atoms with E-state index in [1.165, 1.54) is 29.6 Å². The van der Waals surface area contributed by atoms with Crippen LogP contribution in [0, 0.1) is 17.1 Å². The first-order valence-corrected chi connectivity index (χ1v) is 6.94. The lowest BCUT2D eigenvalue weighted by Gasteiger charge is -2.44. The van der Waals surface area contributed by atoms with Crippen LogP contribution in [0.15, 0.2) is 30.9 Å². The molecule has 2 aromatic rings. The van der Waals surface area contributed by atoms with Crippen molar-refractivity contribution in [1.82, 2.24) is 19.9 Å². The number of carbonyl (C=O) groups is 1. The van der Waals surface area contributed by atoms with Crippen LogP contribution < -0.4 is 4.90 Å². The topological polar surface area (TPSA) is 86.0 Å². The number of halogens is 1. The lowest BCUT2D eigenvalue weighted by atomic mass is 10.1. The van der Waals surface area contributed by atoms with E-state index in [1.54, 1.807) is 7.05 Å². The summed E-state index contributed by atoms with van der Waals surface area (Å²) in [6.07, 6.45) is 5.38. The molecule has 116 valence electrons. The summed E-state index contributed by atoms with van der Waals surface area (Å²) in [6, 6.07) is 3.27. The minimum Gasteiger partial charge on any atom is -0.350 e. The fourth-order valence-corrected chi connectivity index (χ4v) is 2.42. The number of carbonyl (C=O) groups excluding carboxylic acids is 1. The standard InChI is InChI=1S/C15H13FN6O/c1-21(15(23)11-2-3-18-7-12(11)16)10-8-22(9-10)14-13(6-17)19-4-5-20-14/h2-5,7,10H,8-9H2,1H3. The molecule has 0 aliphatic carbocycles. The molecule has 0 N–H and O–H groups in total. The summed E-state index contributed by atoms with van der Waals surface area (Å²) in [4.78, 5) is 27.4. The SMILES string of the molecule is CN(C(=O)c1ccncc1F)C1CN(c2nccnc2C#N)C1. The van der Waals surface area contributed by atoms with E-state index in [0.717, 1.165) is 6.20 Å². The van der Waals surface area contributed by atoms with Gasteiger partial charge < -0.3 is 9.80 Å². The predicted molar refractivity (Wildman–Crippen MR) is 79.0 cm³/mol. The van der Waals surface area contributed by atoms with Gasteiger partial charge >= 0.3 is 0 Å². The zero-order chi connectivity index (χ0) is 16.4. The van der Waals surface area contributed by atoms with Gasteiger partial charge in [0.1, 0.15) is 6.07 Å². The lowest BCUT2D eigenvalue weighted by Crippen LogP contribution is -2.60. The Hall–Kier alpha value is -3.08. The van der Waals surface area contributed by atoms with Gasteiger partial charge in [-0.05, 0) is 6.07 Å². The van der Waals surface area contributed by atoms with Gasteiger partial charge in [0, 0.05) is 38.7 Å². The van der Waals surface area contributed by atoms with Crippen LogP contribution in [0.4, 0.5) is 10.2 Å². The molecule has 3 rings (SSSR count). The van der Waals surface area contributed by atoms with E-state index in [0.29, 0.717) is 18.9 Å². The third-order valence-electron chi connectivity index (χ3n) is 3.82. The summed E-state index contributed by atoms with van der Waals surface area (Å²) in [7, 11) is 1.63. The van der Waals surface area contributed by atoms with E-state index in [1.807, 2.05) is 11.0 Å². The maximum atomic E-state index is 13.7. The summed E-state index contributed by atoms with van der Waals surface area (Å²) >= 11 is 0. The van der Waals surface area contributed by atoms with E-state index < -0.39 is 11.7 Å². The number of amides is 1. The normalized spacial score (nSPS) is 14.0. The van der Waals surface area contributed by atoms with Crippen LogP contribution in [0.25, 0.3) is 0 Å². The van der Waals surface area contributed by atoms with E-state index >= 15 is 0 Å². The molecule has 0 saturated carbocycles. The first-order valence-electron chi connectivity index (χ1n) is 6.94. The third kappa shape index (κ3) is 2.68. The third-order valence-corrected chi connectivity index (χ3v) is 3.82. The van der Waals surface area contributed by atoms with Gasteiger partial charge in [-0.25, -0.2) is 14.4 Å². The molecule has 1 aliphatic rings. The van der Waals surface area contributed by atoms with Crippen LogP contribution in [0.5, 0.6) is 0 Å². The molecule has 0 radical (unpaired) electrons. The van der Waals surface area contributed by atoms with Crippen LogP contribution in [0.2, 0.25) is 0 Å². The lowest BCUT2D eigenvalue weighted by molar-refractivity contribution is 0.0700. The van der Waals surface area contributed by atoms with Crippen molar-refractivity contribution in [2.24, 2.45) is 0 Å². The Bertz CT molecular complexity index is 784. The number of hydrogen-bond donors (Lipinski definition) is 0. The number of hydrogen-bond acceptors (Lipinski definition) is 6. The molecular weight excluding hydrogens is 299 g/mol. The molecule has 1 amide bonds. The van der Waals surface area contributed by atoms with Crippen molar-refractivity contribution >= 4 is 11.7 Å². The fourth-order valence-electron chi connectivity index (χ4n) is 2.42. The van der Waals surface area contributed by atoms with Crippen molar-refractivity contribution in [3.05, 3.63) is 47.9 Å². The Morgan fingerprint density at radius 1 is 1.39 bits per heavy atom. The minimum atomic E-state index is -0.638. The molecule has 0 bridgehead atoms. The first-order chi connectivity index (χ1) is 11.1. The summed E-state index contributed by atoms with van der Waals surface area (Å²) in [5, 5.41) is 9.04. The molecule has 0 unspecified atom stereocenters. The molecule has 3 heterocycles. The molecule has 8 heteroatoms. The maximum Gasteiger partial charge on any atom is 0.257 e. The number of nitriles is 1. The van der Waals surface area contributed by atoms with Crippen molar-refractivity contribution in [1.29, 1.82) is 5.26 Å². The average molecular weight is 312 g/mol. The zero-order valence-corrected chi connectivity index (χ0v) is 12.3. The maximum absolute atomic E-state index is 13.7. The van der Waals surface area contributed by atoms with Crippen molar-refractivity contribution in [2.75, 3.05) is 25.0 Å². The van der Waals surface area contributed by atoms with Gasteiger partial charge in [-0.2, -0.15) is 5.26 Å². The van der Waals surface area contributed by atoms with Crippen molar-refractivity contribution in [3.63, 3.8) is 0 Å². The molecule has 0 aromatic carbocycles. The van der Waals surface area contributed by atoms with Gasteiger partial charge in [-0.15, -0.1) is 0 Å². The second-order valence-corrected chi connectivity index (χ2v) is 5.17. The molecule has 23 heavy (non-hydrogen) atoms. The van der Waals surface area contributed by atoms with Crippen LogP contribution in [0.1, 0.15) is 16.1 Å². The summed E-state index contributed by atoms with van der Waals surface area (Å²) in [5.74, 6) is -0.530. The van der Waals surface area contributed by atoms with Crippen LogP contribution in [0.3, 0.4) is 0 Å². The van der Waals surface area contributed by atoms with Crippen molar-refractivity contribution < 1.29 is 9.18 Å². The van der Waals surface area contributed by atoms with Crippen LogP contribution in [-0.2, 0) is 0 Å². The van der Waals surface area contributed by atoms with Gasteiger partial charge in [-0.1, -0.05) is 0 Å². The second-order valence-electron chi connectivity index (χ2n) is 5.17. The zero-order valence-electron chi connectivity index (χ0n) is 12.3. The van der Waals surface area contributed by atoms with Crippen molar-refractivity contribution in [2.45, 2.75) is 6.04 Å². The Kier molecular flexibility index (Phi) is 3.85. The molecule has 1 aliphatic heterocycles. The highest BCUT2D eigenvalue weighted by Gasteiger charge is 2.35. The Labute approximate surface area is 132 Å². The predicted octanol–water partition coefficient (Wildman–Crippen LogP) is 0.843. The highest BCUT2D eigenvalue weighted by Crippen LogP contribution is 2.24. The second kappa shape index (κ2) is 5.96. The number of likely N-dealkylation sites (N-methyl/N-ethyl adjacent to an activating group) is 1. The van der Waals surface area contributed by atoms with Gasteiger partial charge in [0.2, 0.25) is 0 Å². The molecule has 0 spiro atoms. The van der Waals surface area contributed by atoms with Crippen LogP contribution >= 0.6 is 0 Å². The molecular formula is C15H13FN6O. The number of aromatic nitrogens is 3. The van der Waals surface area contributed by atoms with E-state index in [9.17, 15) is 9.18 Å². The Morgan fingerprint density at radius 2 is 2.13 bits per heavy atom. The number of anilines is 1. The summed E-state index contributed by atoms with van der Waals surface area (Å²) in [6.45, 7) is 1.03. The van der Waals surface area contributed by atoms with Gasteiger partial charge in [-0.3, -0.25) is 9.78 Å². The largest absolute Gasteiger partial charge is 0.350 e. The van der Waals surface area contributed by atoms with Gasteiger partial charge in [0.15, 0.2) is 17.3 Å². The quantitative estimate of drug-likeness (QED) is 0.835. The minimum absolute atomic E-state index is 0.00170. The highest BCUT2D eigenvalue weighted by molar-refractivity contribution is 5.94. The smallest absolute Gasteiger partial charge is 0.257 e. The summed E-state index contributed by atoms with van der Waals surface area (Å²) < 4.78 is 13.7. The van der Waals surface area contributed by atoms with Gasteiger partial charge in [0.05, 0.1) is 17.8 Å². The monoisotopic (exact) mass is 312 g/mol. The number of pyridine rings is 1. The summed E-state index contributed by atoms with van der Waals surface area (Å²) in [5.41, 5.74) is 0.248. The molecule has 1 fully saturated rings. The fraction of sp³-hybridized carbons (Fsp3) is 0.267.